The molecule has 0 bridgehead atoms. The van der Waals surface area contributed by atoms with E-state index in [0.717, 1.165) is 31.7 Å². The Morgan fingerprint density at radius 1 is 1.27 bits per heavy atom. The van der Waals surface area contributed by atoms with Crippen LogP contribution in [0.25, 0.3) is 5.65 Å². The summed E-state index contributed by atoms with van der Waals surface area (Å²) in [6, 6.07) is 6.06. The molecule has 4 heterocycles. The largest absolute Gasteiger partial charge is 0.489 e. The van der Waals surface area contributed by atoms with Crippen molar-refractivity contribution in [2.45, 2.75) is 44.9 Å². The number of halogens is 3. The Morgan fingerprint density at radius 3 is 2.73 bits per heavy atom. The zero-order chi connectivity index (χ0) is 22.7. The maximum absolute atomic E-state index is 13.7. The summed E-state index contributed by atoms with van der Waals surface area (Å²) >= 11 is 0. The van der Waals surface area contributed by atoms with Gasteiger partial charge in [0.25, 0.3) is 5.91 Å². The molecule has 0 saturated carbocycles. The van der Waals surface area contributed by atoms with E-state index in [9.17, 15) is 13.6 Å². The maximum Gasteiger partial charge on any atom is 0.274 e. The van der Waals surface area contributed by atoms with Crippen molar-refractivity contribution in [2.24, 2.45) is 0 Å². The van der Waals surface area contributed by atoms with Crippen LogP contribution in [0.4, 0.5) is 14.5 Å². The van der Waals surface area contributed by atoms with E-state index in [0.29, 0.717) is 23.0 Å². The summed E-state index contributed by atoms with van der Waals surface area (Å²) in [7, 11) is 0. The van der Waals surface area contributed by atoms with Gasteiger partial charge in [-0.3, -0.25) is 4.79 Å². The molecule has 0 spiro atoms. The molecule has 3 aromatic rings. The Hall–Kier alpha value is -2.78. The number of pyridine rings is 2. The van der Waals surface area contributed by atoms with Crippen molar-refractivity contribution in [1.29, 1.82) is 0 Å². The zero-order valence-corrected chi connectivity index (χ0v) is 19.3. The van der Waals surface area contributed by atoms with Gasteiger partial charge in [0.2, 0.25) is 0 Å². The van der Waals surface area contributed by atoms with Crippen LogP contribution in [0.15, 0.2) is 36.7 Å². The van der Waals surface area contributed by atoms with Gasteiger partial charge in [-0.25, -0.2) is 18.7 Å². The third-order valence-electron chi connectivity index (χ3n) is 5.28. The molecular formula is C23H27ClF2N4O3. The molecule has 1 amide bonds. The second-order valence-electron chi connectivity index (χ2n) is 8.06. The number of amides is 1. The molecule has 1 saturated heterocycles. The molecule has 3 aromatic heterocycles. The predicted octanol–water partition coefficient (Wildman–Crippen LogP) is 5.06. The monoisotopic (exact) mass is 480 g/mol. The SMILES string of the molecule is CC(C)Oc1cc2nc(C3CCOCC3)cn2cc1NC(=O)c1cccc(C(F)CF)n1.Cl. The number of rotatable bonds is 7. The standard InChI is InChI=1S/C23H26F2N4O3.ClH/c1-14(2)32-21-10-22-27-19(15-6-8-31-9-7-15)12-29(22)13-20(21)28-23(30)18-5-3-4-17(26-18)16(25)11-24;/h3-5,10,12-16H,6-9,11H2,1-2H3,(H,28,30);1H. The van der Waals surface area contributed by atoms with Crippen LogP contribution in [0.5, 0.6) is 5.75 Å². The molecule has 1 aliphatic rings. The smallest absolute Gasteiger partial charge is 0.274 e. The molecule has 1 fully saturated rings. The van der Waals surface area contributed by atoms with Crippen LogP contribution in [-0.2, 0) is 4.74 Å². The summed E-state index contributed by atoms with van der Waals surface area (Å²) in [6.45, 7) is 4.01. The van der Waals surface area contributed by atoms with E-state index in [1.165, 1.54) is 18.2 Å². The average molecular weight is 481 g/mol. The Labute approximate surface area is 196 Å². The molecule has 1 N–H and O–H groups in total. The topological polar surface area (TPSA) is 77.8 Å². The van der Waals surface area contributed by atoms with E-state index in [2.05, 4.69) is 10.3 Å². The van der Waals surface area contributed by atoms with Crippen LogP contribution in [0, 0.1) is 0 Å². The van der Waals surface area contributed by atoms with Crippen molar-refractivity contribution in [2.75, 3.05) is 25.2 Å². The minimum atomic E-state index is -1.87. The lowest BCUT2D eigenvalue weighted by Gasteiger charge is -2.19. The van der Waals surface area contributed by atoms with Crippen LogP contribution < -0.4 is 10.1 Å². The van der Waals surface area contributed by atoms with Crippen molar-refractivity contribution in [3.8, 4) is 5.75 Å². The molecule has 1 aliphatic heterocycles. The molecule has 33 heavy (non-hydrogen) atoms. The Kier molecular flexibility index (Phi) is 8.20. The lowest BCUT2D eigenvalue weighted by atomic mass is 9.97. The number of fused-ring (bicyclic) bond motifs is 1. The second kappa shape index (κ2) is 10.9. The lowest BCUT2D eigenvalue weighted by Crippen LogP contribution is -2.17. The van der Waals surface area contributed by atoms with Gasteiger partial charge in [0.1, 0.15) is 29.5 Å². The molecular weight excluding hydrogens is 454 g/mol. The van der Waals surface area contributed by atoms with Gasteiger partial charge in [-0.05, 0) is 38.8 Å². The van der Waals surface area contributed by atoms with Gasteiger partial charge in [0, 0.05) is 37.6 Å². The first-order valence-electron chi connectivity index (χ1n) is 10.7. The number of carbonyl (C=O) groups excluding carboxylic acids is 1. The van der Waals surface area contributed by atoms with Crippen molar-refractivity contribution in [3.63, 3.8) is 0 Å². The Balaban J connectivity index is 0.00000306. The highest BCUT2D eigenvalue weighted by Crippen LogP contribution is 2.31. The number of ether oxygens (including phenoxy) is 2. The third-order valence-corrected chi connectivity index (χ3v) is 5.28. The van der Waals surface area contributed by atoms with Crippen molar-refractivity contribution in [3.05, 3.63) is 53.7 Å². The van der Waals surface area contributed by atoms with Gasteiger partial charge < -0.3 is 19.2 Å². The molecule has 1 atom stereocenters. The summed E-state index contributed by atoms with van der Waals surface area (Å²) in [5, 5.41) is 2.79. The third kappa shape index (κ3) is 5.78. The highest BCUT2D eigenvalue weighted by molar-refractivity contribution is 6.03. The minimum Gasteiger partial charge on any atom is -0.489 e. The Morgan fingerprint density at radius 2 is 2.03 bits per heavy atom. The summed E-state index contributed by atoms with van der Waals surface area (Å²) < 4.78 is 39.5. The van der Waals surface area contributed by atoms with Gasteiger partial charge >= 0.3 is 0 Å². The highest BCUT2D eigenvalue weighted by Gasteiger charge is 2.21. The predicted molar refractivity (Wildman–Crippen MR) is 123 cm³/mol. The first-order chi connectivity index (χ1) is 15.4. The number of imidazole rings is 1. The lowest BCUT2D eigenvalue weighted by molar-refractivity contribution is 0.0846. The van der Waals surface area contributed by atoms with Gasteiger partial charge in [0.15, 0.2) is 6.17 Å². The van der Waals surface area contributed by atoms with E-state index in [4.69, 9.17) is 14.5 Å². The van der Waals surface area contributed by atoms with Crippen LogP contribution in [-0.4, -0.2) is 46.3 Å². The minimum absolute atomic E-state index is 0. The fourth-order valence-corrected chi connectivity index (χ4v) is 3.69. The highest BCUT2D eigenvalue weighted by atomic mass is 35.5. The van der Waals surface area contributed by atoms with Crippen molar-refractivity contribution in [1.82, 2.24) is 14.4 Å². The van der Waals surface area contributed by atoms with Gasteiger partial charge in [-0.2, -0.15) is 0 Å². The van der Waals surface area contributed by atoms with Crippen LogP contribution in [0.3, 0.4) is 0 Å². The van der Waals surface area contributed by atoms with E-state index in [1.54, 1.807) is 12.3 Å². The van der Waals surface area contributed by atoms with Gasteiger partial charge in [-0.1, -0.05) is 6.07 Å². The second-order valence-corrected chi connectivity index (χ2v) is 8.06. The first kappa shape index (κ1) is 24.9. The normalized spacial score (nSPS) is 15.3. The van der Waals surface area contributed by atoms with Crippen LogP contribution in [0.2, 0.25) is 0 Å². The molecule has 7 nitrogen and oxygen atoms in total. The summed E-state index contributed by atoms with van der Waals surface area (Å²) in [6.07, 6.45) is 3.53. The molecule has 0 aliphatic carbocycles. The quantitative estimate of drug-likeness (QED) is 0.511. The van der Waals surface area contributed by atoms with Crippen molar-refractivity contribution >= 4 is 29.6 Å². The molecule has 0 radical (unpaired) electrons. The van der Waals surface area contributed by atoms with Crippen LogP contribution in [0.1, 0.15) is 60.7 Å². The number of nitrogens with zero attached hydrogens (tertiary/aromatic N) is 3. The van der Waals surface area contributed by atoms with Gasteiger partial charge in [-0.15, -0.1) is 12.4 Å². The number of alkyl halides is 2. The summed E-state index contributed by atoms with van der Waals surface area (Å²) in [5.74, 6) is 0.246. The molecule has 10 heteroatoms. The number of hydrogen-bond donors (Lipinski definition) is 1. The molecule has 1 unspecified atom stereocenters. The Bertz CT molecular complexity index is 1100. The first-order valence-corrected chi connectivity index (χ1v) is 10.7. The number of carbonyl (C=O) groups is 1. The van der Waals surface area contributed by atoms with E-state index in [1.807, 2.05) is 24.4 Å². The maximum atomic E-state index is 13.7. The number of anilines is 1. The summed E-state index contributed by atoms with van der Waals surface area (Å²) in [4.78, 5) is 21.5. The molecule has 4 rings (SSSR count). The number of hydrogen-bond acceptors (Lipinski definition) is 5. The van der Waals surface area contributed by atoms with Gasteiger partial charge in [0.05, 0.1) is 17.5 Å². The zero-order valence-electron chi connectivity index (χ0n) is 18.5. The van der Waals surface area contributed by atoms with E-state index < -0.39 is 18.8 Å². The van der Waals surface area contributed by atoms with E-state index >= 15 is 0 Å². The number of aromatic nitrogens is 3. The average Bonchev–Trinajstić information content (AvgIpc) is 3.21. The molecule has 178 valence electrons. The number of nitrogens with one attached hydrogen (secondary N) is 1. The fourth-order valence-electron chi connectivity index (χ4n) is 3.69. The summed E-state index contributed by atoms with van der Waals surface area (Å²) in [5.41, 5.74) is 1.99. The molecule has 0 aromatic carbocycles. The van der Waals surface area contributed by atoms with Crippen molar-refractivity contribution < 1.29 is 23.0 Å². The van der Waals surface area contributed by atoms with Crippen LogP contribution >= 0.6 is 12.4 Å². The fraction of sp³-hybridized carbons (Fsp3) is 0.435. The van der Waals surface area contributed by atoms with E-state index in [-0.39, 0.29) is 29.9 Å².